The number of ether oxygens (including phenoxy) is 1. The Morgan fingerprint density at radius 2 is 2.18 bits per heavy atom. The van der Waals surface area contributed by atoms with Gasteiger partial charge in [-0.2, -0.15) is 9.78 Å². The van der Waals surface area contributed by atoms with Crippen molar-refractivity contribution < 1.29 is 9.53 Å². The van der Waals surface area contributed by atoms with Gasteiger partial charge in [0.2, 0.25) is 0 Å². The van der Waals surface area contributed by atoms with E-state index in [4.69, 9.17) is 4.74 Å². The Kier molecular flexibility index (Phi) is 3.40. The molecule has 1 aromatic heterocycles. The zero-order chi connectivity index (χ0) is 12.1. The van der Waals surface area contributed by atoms with Crippen LogP contribution >= 0.6 is 0 Å². The van der Waals surface area contributed by atoms with Gasteiger partial charge in [-0.3, -0.25) is 0 Å². The standard InChI is InChI=1S/C12H13N3O2/c1-17-11-5-3-10(4-6-11)9-13-12(16)15-8-2-7-14-15/h2-8H,9H2,1H3,(H,13,16). The molecule has 1 amide bonds. The molecule has 0 radical (unpaired) electrons. The Hall–Kier alpha value is -2.30. The van der Waals surface area contributed by atoms with Crippen molar-refractivity contribution in [1.29, 1.82) is 0 Å². The van der Waals surface area contributed by atoms with Crippen molar-refractivity contribution in [3.63, 3.8) is 0 Å². The van der Waals surface area contributed by atoms with Crippen molar-refractivity contribution >= 4 is 6.03 Å². The van der Waals surface area contributed by atoms with Crippen LogP contribution in [0.5, 0.6) is 5.75 Å². The van der Waals surface area contributed by atoms with E-state index in [2.05, 4.69) is 10.4 Å². The molecule has 0 aliphatic rings. The minimum atomic E-state index is -0.245. The number of benzene rings is 1. The van der Waals surface area contributed by atoms with Crippen LogP contribution < -0.4 is 10.1 Å². The summed E-state index contributed by atoms with van der Waals surface area (Å²) in [7, 11) is 1.62. The van der Waals surface area contributed by atoms with Crippen LogP contribution in [-0.4, -0.2) is 22.9 Å². The lowest BCUT2D eigenvalue weighted by molar-refractivity contribution is 0.239. The lowest BCUT2D eigenvalue weighted by atomic mass is 10.2. The van der Waals surface area contributed by atoms with Crippen molar-refractivity contribution in [2.24, 2.45) is 0 Å². The molecule has 2 aromatic rings. The van der Waals surface area contributed by atoms with Gasteiger partial charge in [0, 0.05) is 18.9 Å². The topological polar surface area (TPSA) is 56.1 Å². The number of carbonyl (C=O) groups is 1. The molecule has 1 aromatic carbocycles. The lowest BCUT2D eigenvalue weighted by Crippen LogP contribution is -2.28. The molecule has 0 unspecified atom stereocenters. The first kappa shape index (κ1) is 11.2. The molecule has 5 nitrogen and oxygen atoms in total. The van der Waals surface area contributed by atoms with E-state index in [1.165, 1.54) is 4.68 Å². The van der Waals surface area contributed by atoms with E-state index in [0.717, 1.165) is 11.3 Å². The Bertz CT molecular complexity index is 477. The number of rotatable bonds is 3. The average Bonchev–Trinajstić information content (AvgIpc) is 2.90. The van der Waals surface area contributed by atoms with Crippen molar-refractivity contribution in [2.45, 2.75) is 6.54 Å². The van der Waals surface area contributed by atoms with Crippen LogP contribution in [0.15, 0.2) is 42.7 Å². The van der Waals surface area contributed by atoms with E-state index in [-0.39, 0.29) is 6.03 Å². The molecule has 0 aliphatic carbocycles. The van der Waals surface area contributed by atoms with Gasteiger partial charge < -0.3 is 10.1 Å². The third kappa shape index (κ3) is 2.84. The Balaban J connectivity index is 1.91. The highest BCUT2D eigenvalue weighted by molar-refractivity contribution is 5.75. The highest BCUT2D eigenvalue weighted by Gasteiger charge is 2.03. The zero-order valence-corrected chi connectivity index (χ0v) is 9.46. The van der Waals surface area contributed by atoms with Crippen molar-refractivity contribution in [3.05, 3.63) is 48.3 Å². The third-order valence-corrected chi connectivity index (χ3v) is 2.32. The minimum absolute atomic E-state index is 0.245. The smallest absolute Gasteiger partial charge is 0.342 e. The molecule has 0 fully saturated rings. The van der Waals surface area contributed by atoms with Crippen LogP contribution in [0.4, 0.5) is 4.79 Å². The van der Waals surface area contributed by atoms with E-state index < -0.39 is 0 Å². The fourth-order valence-corrected chi connectivity index (χ4v) is 1.39. The van der Waals surface area contributed by atoms with Gasteiger partial charge in [0.25, 0.3) is 0 Å². The molecular weight excluding hydrogens is 218 g/mol. The van der Waals surface area contributed by atoms with Gasteiger partial charge in [0.15, 0.2) is 0 Å². The molecule has 0 atom stereocenters. The lowest BCUT2D eigenvalue weighted by Gasteiger charge is -2.05. The summed E-state index contributed by atoms with van der Waals surface area (Å²) in [5.41, 5.74) is 1.01. The van der Waals surface area contributed by atoms with Gasteiger partial charge in [-0.15, -0.1) is 0 Å². The molecule has 88 valence electrons. The van der Waals surface area contributed by atoms with Gasteiger partial charge >= 0.3 is 6.03 Å². The Morgan fingerprint density at radius 3 is 2.76 bits per heavy atom. The van der Waals surface area contributed by atoms with E-state index in [1.807, 2.05) is 24.3 Å². The Labute approximate surface area is 99.0 Å². The first-order valence-corrected chi connectivity index (χ1v) is 5.20. The molecule has 0 spiro atoms. The first-order valence-electron chi connectivity index (χ1n) is 5.20. The summed E-state index contributed by atoms with van der Waals surface area (Å²) >= 11 is 0. The van der Waals surface area contributed by atoms with Crippen LogP contribution in [0, 0.1) is 0 Å². The molecule has 0 aliphatic heterocycles. The first-order chi connectivity index (χ1) is 8.29. The van der Waals surface area contributed by atoms with Gasteiger partial charge in [0.1, 0.15) is 5.75 Å². The zero-order valence-electron chi connectivity index (χ0n) is 9.46. The van der Waals surface area contributed by atoms with Gasteiger partial charge in [-0.1, -0.05) is 12.1 Å². The van der Waals surface area contributed by atoms with E-state index in [1.54, 1.807) is 25.6 Å². The number of aromatic nitrogens is 2. The van der Waals surface area contributed by atoms with Crippen molar-refractivity contribution in [2.75, 3.05) is 7.11 Å². The molecular formula is C12H13N3O2. The summed E-state index contributed by atoms with van der Waals surface area (Å²) in [6, 6.07) is 8.98. The average molecular weight is 231 g/mol. The second-order valence-electron chi connectivity index (χ2n) is 3.46. The molecule has 0 saturated heterocycles. The predicted octanol–water partition coefficient (Wildman–Crippen LogP) is 1.65. The predicted molar refractivity (Wildman–Crippen MR) is 62.9 cm³/mol. The van der Waals surface area contributed by atoms with Gasteiger partial charge in [-0.05, 0) is 23.8 Å². The number of methoxy groups -OCH3 is 1. The number of nitrogens with zero attached hydrogens (tertiary/aromatic N) is 2. The highest BCUT2D eigenvalue weighted by Crippen LogP contribution is 2.10. The largest absolute Gasteiger partial charge is 0.497 e. The number of carbonyl (C=O) groups excluding carboxylic acids is 1. The van der Waals surface area contributed by atoms with Gasteiger partial charge in [-0.25, -0.2) is 4.79 Å². The fourth-order valence-electron chi connectivity index (χ4n) is 1.39. The van der Waals surface area contributed by atoms with E-state index in [0.29, 0.717) is 6.54 Å². The molecule has 0 saturated carbocycles. The summed E-state index contributed by atoms with van der Waals surface area (Å²) in [5, 5.41) is 6.60. The van der Waals surface area contributed by atoms with E-state index >= 15 is 0 Å². The third-order valence-electron chi connectivity index (χ3n) is 2.32. The molecule has 5 heteroatoms. The fraction of sp³-hybridized carbons (Fsp3) is 0.167. The maximum Gasteiger partial charge on any atom is 0.342 e. The number of amides is 1. The quantitative estimate of drug-likeness (QED) is 0.873. The summed E-state index contributed by atoms with van der Waals surface area (Å²) in [6.45, 7) is 0.461. The summed E-state index contributed by atoms with van der Waals surface area (Å²) < 4.78 is 6.31. The van der Waals surface area contributed by atoms with Crippen LogP contribution in [0.1, 0.15) is 5.56 Å². The Morgan fingerprint density at radius 1 is 1.41 bits per heavy atom. The minimum Gasteiger partial charge on any atom is -0.497 e. The maximum atomic E-state index is 11.6. The van der Waals surface area contributed by atoms with Crippen LogP contribution in [0.3, 0.4) is 0 Å². The molecule has 2 rings (SSSR count). The maximum absolute atomic E-state index is 11.6. The summed E-state index contributed by atoms with van der Waals surface area (Å²) in [4.78, 5) is 11.6. The monoisotopic (exact) mass is 231 g/mol. The van der Waals surface area contributed by atoms with Crippen molar-refractivity contribution in [1.82, 2.24) is 15.1 Å². The van der Waals surface area contributed by atoms with Crippen LogP contribution in [0.25, 0.3) is 0 Å². The SMILES string of the molecule is COc1ccc(CNC(=O)n2cccn2)cc1. The second kappa shape index (κ2) is 5.16. The second-order valence-corrected chi connectivity index (χ2v) is 3.46. The molecule has 17 heavy (non-hydrogen) atoms. The normalized spacial score (nSPS) is 9.94. The highest BCUT2D eigenvalue weighted by atomic mass is 16.5. The number of hydrogen-bond donors (Lipinski definition) is 1. The van der Waals surface area contributed by atoms with Gasteiger partial charge in [0.05, 0.1) is 7.11 Å². The van der Waals surface area contributed by atoms with Crippen LogP contribution in [-0.2, 0) is 6.54 Å². The number of hydrogen-bond acceptors (Lipinski definition) is 3. The summed E-state index contributed by atoms with van der Waals surface area (Å²) in [6.07, 6.45) is 3.16. The van der Waals surface area contributed by atoms with Crippen molar-refractivity contribution in [3.8, 4) is 5.75 Å². The molecule has 1 heterocycles. The van der Waals surface area contributed by atoms with Crippen LogP contribution in [0.2, 0.25) is 0 Å². The number of nitrogens with one attached hydrogen (secondary N) is 1. The van der Waals surface area contributed by atoms with E-state index in [9.17, 15) is 4.79 Å². The summed E-state index contributed by atoms with van der Waals surface area (Å²) in [5.74, 6) is 0.798. The molecule has 0 bridgehead atoms. The molecule has 1 N–H and O–H groups in total.